The van der Waals surface area contributed by atoms with Crippen LogP contribution < -0.4 is 0 Å². The van der Waals surface area contributed by atoms with Gasteiger partial charge in [-0.15, -0.1) is 0 Å². The molecule has 2 rings (SSSR count). The van der Waals surface area contributed by atoms with Gasteiger partial charge < -0.3 is 10.0 Å². The van der Waals surface area contributed by atoms with Gasteiger partial charge in [0.15, 0.2) is 0 Å². The van der Waals surface area contributed by atoms with Gasteiger partial charge >= 0.3 is 5.97 Å². The fourth-order valence-corrected chi connectivity index (χ4v) is 3.10. The van der Waals surface area contributed by atoms with Crippen molar-refractivity contribution in [3.8, 4) is 0 Å². The molecule has 0 spiro atoms. The van der Waals surface area contributed by atoms with Gasteiger partial charge in [0, 0.05) is 19.1 Å². The van der Waals surface area contributed by atoms with Crippen LogP contribution in [0.1, 0.15) is 32.6 Å². The maximum atomic E-state index is 11.0. The van der Waals surface area contributed by atoms with E-state index in [0.717, 1.165) is 26.1 Å². The first-order valence-electron chi connectivity index (χ1n) is 6.87. The first-order chi connectivity index (χ1) is 8.18. The van der Waals surface area contributed by atoms with Crippen LogP contribution in [-0.4, -0.2) is 59.6 Å². The molecule has 4 nitrogen and oxygen atoms in total. The van der Waals surface area contributed by atoms with Gasteiger partial charge in [-0.1, -0.05) is 6.42 Å². The molecule has 2 fully saturated rings. The molecule has 0 aromatic carbocycles. The van der Waals surface area contributed by atoms with Crippen molar-refractivity contribution in [3.63, 3.8) is 0 Å². The summed E-state index contributed by atoms with van der Waals surface area (Å²) in [5, 5.41) is 9.08. The molecule has 2 heterocycles. The standard InChI is InChI=1S/C13H24N2O2/c1-11-12(13(16)17)5-8-15(11)10-9-14-6-3-2-4-7-14/h11-12H,2-10H2,1H3,(H,16,17). The van der Waals surface area contributed by atoms with Crippen LogP contribution in [0.25, 0.3) is 0 Å². The lowest BCUT2D eigenvalue weighted by Crippen LogP contribution is -2.40. The second-order valence-corrected chi connectivity index (χ2v) is 5.41. The Hall–Kier alpha value is -0.610. The molecular weight excluding hydrogens is 216 g/mol. The van der Waals surface area contributed by atoms with Crippen LogP contribution >= 0.6 is 0 Å². The first-order valence-corrected chi connectivity index (χ1v) is 6.87. The second-order valence-electron chi connectivity index (χ2n) is 5.41. The molecule has 0 aromatic heterocycles. The second kappa shape index (κ2) is 5.83. The van der Waals surface area contributed by atoms with Crippen LogP contribution in [-0.2, 0) is 4.79 Å². The minimum absolute atomic E-state index is 0.156. The van der Waals surface area contributed by atoms with Crippen LogP contribution in [0.4, 0.5) is 0 Å². The lowest BCUT2D eigenvalue weighted by molar-refractivity contribution is -0.142. The third kappa shape index (κ3) is 3.19. The zero-order valence-electron chi connectivity index (χ0n) is 10.8. The van der Waals surface area contributed by atoms with E-state index in [1.807, 2.05) is 0 Å². The predicted octanol–water partition coefficient (Wildman–Crippen LogP) is 1.27. The first kappa shape index (κ1) is 12.8. The Labute approximate surface area is 104 Å². The molecule has 2 unspecified atom stereocenters. The molecule has 0 aliphatic carbocycles. The van der Waals surface area contributed by atoms with E-state index in [1.54, 1.807) is 0 Å². The highest BCUT2D eigenvalue weighted by atomic mass is 16.4. The van der Waals surface area contributed by atoms with Gasteiger partial charge in [-0.05, 0) is 45.8 Å². The summed E-state index contributed by atoms with van der Waals surface area (Å²) in [6.07, 6.45) is 4.84. The van der Waals surface area contributed by atoms with Crippen molar-refractivity contribution in [1.29, 1.82) is 0 Å². The van der Waals surface area contributed by atoms with Crippen molar-refractivity contribution in [2.45, 2.75) is 38.6 Å². The minimum Gasteiger partial charge on any atom is -0.481 e. The lowest BCUT2D eigenvalue weighted by atomic mass is 10.0. The average Bonchev–Trinajstić information content (AvgIpc) is 2.69. The molecule has 1 N–H and O–H groups in total. The summed E-state index contributed by atoms with van der Waals surface area (Å²) in [4.78, 5) is 15.9. The number of carboxylic acid groups (broad SMARTS) is 1. The fourth-order valence-electron chi connectivity index (χ4n) is 3.10. The lowest BCUT2D eigenvalue weighted by Gasteiger charge is -2.30. The molecule has 2 atom stereocenters. The zero-order chi connectivity index (χ0) is 12.3. The summed E-state index contributed by atoms with van der Waals surface area (Å²) in [7, 11) is 0. The Balaban J connectivity index is 1.74. The van der Waals surface area contributed by atoms with Gasteiger partial charge in [0.25, 0.3) is 0 Å². The van der Waals surface area contributed by atoms with Crippen molar-refractivity contribution in [3.05, 3.63) is 0 Å². The Morgan fingerprint density at radius 3 is 2.47 bits per heavy atom. The number of aliphatic carboxylic acids is 1. The molecule has 2 aliphatic heterocycles. The molecule has 0 saturated carbocycles. The van der Waals surface area contributed by atoms with Gasteiger partial charge in [-0.2, -0.15) is 0 Å². The van der Waals surface area contributed by atoms with Crippen LogP contribution in [0.15, 0.2) is 0 Å². The smallest absolute Gasteiger partial charge is 0.308 e. The highest BCUT2D eigenvalue weighted by Crippen LogP contribution is 2.24. The van der Waals surface area contributed by atoms with E-state index in [4.69, 9.17) is 5.11 Å². The van der Waals surface area contributed by atoms with Gasteiger partial charge in [0.1, 0.15) is 0 Å². The number of hydrogen-bond donors (Lipinski definition) is 1. The van der Waals surface area contributed by atoms with E-state index in [2.05, 4.69) is 16.7 Å². The van der Waals surface area contributed by atoms with Crippen LogP contribution in [0.2, 0.25) is 0 Å². The van der Waals surface area contributed by atoms with Crippen molar-refractivity contribution < 1.29 is 9.90 Å². The van der Waals surface area contributed by atoms with Gasteiger partial charge in [0.05, 0.1) is 5.92 Å². The van der Waals surface area contributed by atoms with E-state index in [-0.39, 0.29) is 12.0 Å². The Bertz CT molecular complexity index is 264. The van der Waals surface area contributed by atoms with Gasteiger partial charge in [-0.3, -0.25) is 9.69 Å². The SMILES string of the molecule is CC1C(C(=O)O)CCN1CCN1CCCCC1. The summed E-state index contributed by atoms with van der Waals surface area (Å²) in [6.45, 7) is 7.60. The van der Waals surface area contributed by atoms with Crippen LogP contribution in [0, 0.1) is 5.92 Å². The number of carboxylic acids is 1. The van der Waals surface area contributed by atoms with E-state index < -0.39 is 5.97 Å². The Kier molecular flexibility index (Phi) is 4.40. The summed E-state index contributed by atoms with van der Waals surface area (Å²) in [6, 6.07) is 0.206. The number of hydrogen-bond acceptors (Lipinski definition) is 3. The number of likely N-dealkylation sites (tertiary alicyclic amines) is 2. The summed E-state index contributed by atoms with van der Waals surface area (Å²) in [5.41, 5.74) is 0. The number of piperidine rings is 1. The quantitative estimate of drug-likeness (QED) is 0.803. The van der Waals surface area contributed by atoms with E-state index >= 15 is 0 Å². The molecule has 2 aliphatic rings. The summed E-state index contributed by atoms with van der Waals surface area (Å²) < 4.78 is 0. The number of rotatable bonds is 4. The van der Waals surface area contributed by atoms with Crippen molar-refractivity contribution in [2.75, 3.05) is 32.7 Å². The topological polar surface area (TPSA) is 43.8 Å². The van der Waals surface area contributed by atoms with E-state index in [0.29, 0.717) is 0 Å². The molecule has 98 valence electrons. The molecule has 17 heavy (non-hydrogen) atoms. The molecule has 0 amide bonds. The van der Waals surface area contributed by atoms with E-state index in [9.17, 15) is 4.79 Å². The molecule has 0 radical (unpaired) electrons. The largest absolute Gasteiger partial charge is 0.481 e. The maximum absolute atomic E-state index is 11.0. The third-order valence-electron chi connectivity index (χ3n) is 4.35. The molecular formula is C13H24N2O2. The van der Waals surface area contributed by atoms with Crippen molar-refractivity contribution in [1.82, 2.24) is 9.80 Å². The molecule has 2 saturated heterocycles. The predicted molar refractivity (Wildman–Crippen MR) is 67.1 cm³/mol. The molecule has 0 bridgehead atoms. The maximum Gasteiger partial charge on any atom is 0.308 e. The monoisotopic (exact) mass is 240 g/mol. The van der Waals surface area contributed by atoms with Gasteiger partial charge in [0.2, 0.25) is 0 Å². The average molecular weight is 240 g/mol. The number of carbonyl (C=O) groups is 1. The minimum atomic E-state index is -0.627. The highest BCUT2D eigenvalue weighted by Gasteiger charge is 2.35. The highest BCUT2D eigenvalue weighted by molar-refractivity contribution is 5.71. The van der Waals surface area contributed by atoms with Crippen LogP contribution in [0.5, 0.6) is 0 Å². The zero-order valence-corrected chi connectivity index (χ0v) is 10.8. The molecule has 0 aromatic rings. The third-order valence-corrected chi connectivity index (χ3v) is 4.35. The van der Waals surface area contributed by atoms with Crippen molar-refractivity contribution in [2.24, 2.45) is 5.92 Å². The van der Waals surface area contributed by atoms with E-state index in [1.165, 1.54) is 32.4 Å². The fraction of sp³-hybridized carbons (Fsp3) is 0.923. The Morgan fingerprint density at radius 2 is 1.88 bits per heavy atom. The Morgan fingerprint density at radius 1 is 1.18 bits per heavy atom. The molecule has 4 heteroatoms. The summed E-state index contributed by atoms with van der Waals surface area (Å²) >= 11 is 0. The summed E-state index contributed by atoms with van der Waals surface area (Å²) in [5.74, 6) is -0.783. The van der Waals surface area contributed by atoms with Crippen molar-refractivity contribution >= 4 is 5.97 Å². The number of nitrogens with zero attached hydrogens (tertiary/aromatic N) is 2. The van der Waals surface area contributed by atoms with Gasteiger partial charge in [-0.25, -0.2) is 0 Å². The normalized spacial score (nSPS) is 31.8. The van der Waals surface area contributed by atoms with Crippen LogP contribution in [0.3, 0.4) is 0 Å².